The lowest BCUT2D eigenvalue weighted by Crippen LogP contribution is -2.09. The van der Waals surface area contributed by atoms with Crippen LogP contribution in [-0.2, 0) is 11.2 Å². The van der Waals surface area contributed by atoms with Crippen LogP contribution in [0.3, 0.4) is 0 Å². The average molecular weight is 557 g/mol. The van der Waals surface area contributed by atoms with E-state index in [4.69, 9.17) is 9.47 Å². The molecule has 0 saturated carbocycles. The first kappa shape index (κ1) is 32.6. The van der Waals surface area contributed by atoms with Crippen LogP contribution in [0.4, 0.5) is 0 Å². The molecule has 1 atom stereocenters. The molecule has 3 heteroatoms. The van der Waals surface area contributed by atoms with Crippen molar-refractivity contribution in [2.45, 2.75) is 117 Å². The Kier molecular flexibility index (Phi) is 15.3. The first-order valence-corrected chi connectivity index (χ1v) is 16.2. The van der Waals surface area contributed by atoms with Crippen LogP contribution in [0.25, 0.3) is 11.1 Å². The standard InChI is InChI=1S/C38H52O3/c1-4-6-8-10-12-14-18-30-40-31(3)32-22-24-33(25-23-32)34-26-28-36(29-27-34)38(39)41-37-21-17-16-20-35(37)19-15-13-11-9-7-5-2/h16-17,20-29,31H,4-15,18-19,30H2,1-3H3. The Hall–Kier alpha value is -2.91. The molecule has 3 aromatic carbocycles. The number of hydrogen-bond donors (Lipinski definition) is 0. The third-order valence-corrected chi connectivity index (χ3v) is 7.92. The molecule has 0 saturated heterocycles. The van der Waals surface area contributed by atoms with Crippen LogP contribution < -0.4 is 4.74 Å². The molecule has 3 nitrogen and oxygen atoms in total. The summed E-state index contributed by atoms with van der Waals surface area (Å²) in [4.78, 5) is 12.9. The van der Waals surface area contributed by atoms with E-state index in [1.807, 2.05) is 42.5 Å². The highest BCUT2D eigenvalue weighted by Gasteiger charge is 2.12. The highest BCUT2D eigenvalue weighted by molar-refractivity contribution is 5.91. The number of benzene rings is 3. The number of esters is 1. The predicted molar refractivity (Wildman–Crippen MR) is 173 cm³/mol. The maximum atomic E-state index is 12.9. The number of aryl methyl sites for hydroxylation is 1. The highest BCUT2D eigenvalue weighted by Crippen LogP contribution is 2.26. The third kappa shape index (κ3) is 11.8. The Morgan fingerprint density at radius 3 is 1.80 bits per heavy atom. The van der Waals surface area contributed by atoms with Crippen molar-refractivity contribution in [2.24, 2.45) is 0 Å². The Morgan fingerprint density at radius 1 is 0.634 bits per heavy atom. The molecule has 0 amide bonds. The average Bonchev–Trinajstić information content (AvgIpc) is 3.01. The van der Waals surface area contributed by atoms with Crippen LogP contribution in [0, 0.1) is 0 Å². The Balaban J connectivity index is 1.46. The smallest absolute Gasteiger partial charge is 0.343 e. The summed E-state index contributed by atoms with van der Waals surface area (Å²) in [6.45, 7) is 7.44. The predicted octanol–water partition coefficient (Wildman–Crippen LogP) is 11.3. The van der Waals surface area contributed by atoms with Gasteiger partial charge in [0.15, 0.2) is 0 Å². The molecule has 0 aliphatic carbocycles. The van der Waals surface area contributed by atoms with Crippen molar-refractivity contribution in [2.75, 3.05) is 6.61 Å². The molecule has 0 spiro atoms. The molecule has 0 N–H and O–H groups in total. The topological polar surface area (TPSA) is 35.5 Å². The lowest BCUT2D eigenvalue weighted by molar-refractivity contribution is 0.0627. The molecule has 0 aromatic heterocycles. The fourth-order valence-electron chi connectivity index (χ4n) is 5.23. The van der Waals surface area contributed by atoms with E-state index in [0.29, 0.717) is 11.3 Å². The van der Waals surface area contributed by atoms with Crippen LogP contribution in [0.1, 0.15) is 132 Å². The maximum Gasteiger partial charge on any atom is 0.343 e. The van der Waals surface area contributed by atoms with Crippen molar-refractivity contribution in [3.05, 3.63) is 89.5 Å². The normalized spacial score (nSPS) is 11.9. The van der Waals surface area contributed by atoms with E-state index in [1.54, 1.807) is 0 Å². The van der Waals surface area contributed by atoms with Gasteiger partial charge in [-0.05, 0) is 66.6 Å². The summed E-state index contributed by atoms with van der Waals surface area (Å²) < 4.78 is 11.9. The van der Waals surface area contributed by atoms with Crippen molar-refractivity contribution in [1.29, 1.82) is 0 Å². The van der Waals surface area contributed by atoms with Gasteiger partial charge < -0.3 is 9.47 Å². The van der Waals surface area contributed by atoms with Crippen LogP contribution >= 0.6 is 0 Å². The van der Waals surface area contributed by atoms with E-state index >= 15 is 0 Å². The van der Waals surface area contributed by atoms with Gasteiger partial charge in [-0.25, -0.2) is 4.79 Å². The zero-order valence-corrected chi connectivity index (χ0v) is 25.8. The van der Waals surface area contributed by atoms with Gasteiger partial charge in [-0.15, -0.1) is 0 Å². The molecule has 3 aromatic rings. The van der Waals surface area contributed by atoms with Gasteiger partial charge in [0, 0.05) is 6.61 Å². The minimum Gasteiger partial charge on any atom is -0.423 e. The molecular weight excluding hydrogens is 504 g/mol. The molecule has 0 aliphatic rings. The fraction of sp³-hybridized carbons (Fsp3) is 0.500. The summed E-state index contributed by atoms with van der Waals surface area (Å²) in [7, 11) is 0. The molecular formula is C38H52O3. The van der Waals surface area contributed by atoms with Gasteiger partial charge in [-0.2, -0.15) is 0 Å². The molecule has 1 unspecified atom stereocenters. The number of hydrogen-bond acceptors (Lipinski definition) is 3. The molecule has 222 valence electrons. The van der Waals surface area contributed by atoms with Crippen molar-refractivity contribution < 1.29 is 14.3 Å². The largest absolute Gasteiger partial charge is 0.423 e. The monoisotopic (exact) mass is 556 g/mol. The van der Waals surface area contributed by atoms with E-state index in [9.17, 15) is 4.79 Å². The summed E-state index contributed by atoms with van der Waals surface area (Å²) in [6.07, 6.45) is 17.6. The van der Waals surface area contributed by atoms with Crippen molar-refractivity contribution in [3.8, 4) is 16.9 Å². The van der Waals surface area contributed by atoms with Gasteiger partial charge >= 0.3 is 5.97 Å². The second-order valence-corrected chi connectivity index (χ2v) is 11.3. The number of carbonyl (C=O) groups is 1. The summed E-state index contributed by atoms with van der Waals surface area (Å²) >= 11 is 0. The zero-order valence-electron chi connectivity index (χ0n) is 25.8. The van der Waals surface area contributed by atoms with Gasteiger partial charge in [0.2, 0.25) is 0 Å². The van der Waals surface area contributed by atoms with E-state index < -0.39 is 0 Å². The van der Waals surface area contributed by atoms with E-state index in [-0.39, 0.29) is 12.1 Å². The molecule has 41 heavy (non-hydrogen) atoms. The van der Waals surface area contributed by atoms with Crippen LogP contribution in [0.15, 0.2) is 72.8 Å². The van der Waals surface area contributed by atoms with Gasteiger partial charge in [0.25, 0.3) is 0 Å². The minimum atomic E-state index is -0.311. The summed E-state index contributed by atoms with van der Waals surface area (Å²) in [5.41, 5.74) is 5.06. The van der Waals surface area contributed by atoms with Gasteiger partial charge in [0.05, 0.1) is 11.7 Å². The van der Waals surface area contributed by atoms with E-state index in [1.165, 1.54) is 76.2 Å². The van der Waals surface area contributed by atoms with Crippen LogP contribution in [-0.4, -0.2) is 12.6 Å². The van der Waals surface area contributed by atoms with Gasteiger partial charge in [0.1, 0.15) is 5.75 Å². The number of rotatable bonds is 20. The lowest BCUT2D eigenvalue weighted by atomic mass is 10.0. The molecule has 0 radical (unpaired) electrons. The zero-order chi connectivity index (χ0) is 29.1. The number of para-hydroxylation sites is 1. The van der Waals surface area contributed by atoms with Crippen molar-refractivity contribution in [3.63, 3.8) is 0 Å². The summed E-state index contributed by atoms with van der Waals surface area (Å²) in [5, 5.41) is 0. The minimum absolute atomic E-state index is 0.0882. The van der Waals surface area contributed by atoms with Crippen molar-refractivity contribution >= 4 is 5.97 Å². The van der Waals surface area contributed by atoms with Gasteiger partial charge in [-0.1, -0.05) is 139 Å². The lowest BCUT2D eigenvalue weighted by Gasteiger charge is -2.14. The Bertz CT molecular complexity index is 1120. The number of carbonyl (C=O) groups excluding carboxylic acids is 1. The maximum absolute atomic E-state index is 12.9. The van der Waals surface area contributed by atoms with Gasteiger partial charge in [-0.3, -0.25) is 0 Å². The third-order valence-electron chi connectivity index (χ3n) is 7.92. The number of unbranched alkanes of at least 4 members (excludes halogenated alkanes) is 11. The van der Waals surface area contributed by atoms with Crippen molar-refractivity contribution in [1.82, 2.24) is 0 Å². The quantitative estimate of drug-likeness (QED) is 0.0788. The molecule has 0 heterocycles. The van der Waals surface area contributed by atoms with Crippen LogP contribution in [0.2, 0.25) is 0 Å². The second kappa shape index (κ2) is 19.3. The molecule has 3 rings (SSSR count). The fourth-order valence-corrected chi connectivity index (χ4v) is 5.23. The SMILES string of the molecule is CCCCCCCCCOC(C)c1ccc(-c2ccc(C(=O)Oc3ccccc3CCCCCCCC)cc2)cc1. The molecule has 0 fully saturated rings. The summed E-state index contributed by atoms with van der Waals surface area (Å²) in [6, 6.07) is 24.2. The highest BCUT2D eigenvalue weighted by atomic mass is 16.5. The first-order valence-electron chi connectivity index (χ1n) is 16.2. The summed E-state index contributed by atoms with van der Waals surface area (Å²) in [5.74, 6) is 0.364. The van der Waals surface area contributed by atoms with E-state index in [2.05, 4.69) is 51.1 Å². The first-order chi connectivity index (χ1) is 20.1. The Morgan fingerprint density at radius 2 is 1.17 bits per heavy atom. The number of ether oxygens (including phenoxy) is 2. The van der Waals surface area contributed by atoms with E-state index in [0.717, 1.165) is 42.6 Å². The molecule has 0 bridgehead atoms. The van der Waals surface area contributed by atoms with Crippen LogP contribution in [0.5, 0.6) is 5.75 Å². The Labute approximate surface area is 249 Å². The second-order valence-electron chi connectivity index (χ2n) is 11.3. The molecule has 0 aliphatic heterocycles.